The fraction of sp³-hybridized carbons (Fsp3) is 0.667. The molecule has 0 aromatic rings. The molecule has 0 bridgehead atoms. The smallest absolute Gasteiger partial charge is 0.384 e. The lowest BCUT2D eigenvalue weighted by atomic mass is 9.80. The highest BCUT2D eigenvalue weighted by molar-refractivity contribution is 5.93. The summed E-state index contributed by atoms with van der Waals surface area (Å²) in [5.74, 6) is -38.6. The first-order chi connectivity index (χ1) is 11.4. The lowest BCUT2D eigenvalue weighted by molar-refractivity contribution is -0.468. The molecule has 1 saturated carbocycles. The molecule has 0 saturated heterocycles. The van der Waals surface area contributed by atoms with Crippen molar-refractivity contribution >= 4 is 11.9 Å². The summed E-state index contributed by atoms with van der Waals surface area (Å²) in [6, 6.07) is 0. The van der Waals surface area contributed by atoms with Gasteiger partial charge in [0.25, 0.3) is 0 Å². The predicted octanol–water partition coefficient (Wildman–Crippen LogP) is 3.51. The second-order valence-corrected chi connectivity index (χ2v) is 5.14. The number of aliphatic carboxylic acids is 1. The van der Waals surface area contributed by atoms with Crippen LogP contribution in [0.15, 0.2) is 11.6 Å². The van der Waals surface area contributed by atoms with Crippen molar-refractivity contribution in [3.05, 3.63) is 11.6 Å². The molecule has 0 atom stereocenters. The van der Waals surface area contributed by atoms with Gasteiger partial charge >= 0.3 is 41.6 Å². The number of carbonyl (C=O) groups is 2. The third-order valence-corrected chi connectivity index (χ3v) is 3.46. The van der Waals surface area contributed by atoms with Crippen LogP contribution in [0.1, 0.15) is 13.3 Å². The van der Waals surface area contributed by atoms with Crippen LogP contribution in [0, 0.1) is 0 Å². The number of rotatable bonds is 4. The van der Waals surface area contributed by atoms with Crippen LogP contribution < -0.4 is 0 Å². The summed E-state index contributed by atoms with van der Waals surface area (Å²) in [5.41, 5.74) is -1.15. The van der Waals surface area contributed by atoms with Gasteiger partial charge in [0.1, 0.15) is 0 Å². The number of carbonyl (C=O) groups excluding carboxylic acids is 1. The minimum atomic E-state index is -7.18. The normalized spacial score (nSPS) is 26.2. The number of halogens is 10. The molecule has 1 rings (SSSR count). The maximum atomic E-state index is 13.5. The van der Waals surface area contributed by atoms with Crippen LogP contribution in [0.3, 0.4) is 0 Å². The molecule has 0 spiro atoms. The molecule has 1 aliphatic rings. The van der Waals surface area contributed by atoms with E-state index in [-0.39, 0.29) is 0 Å². The minimum Gasteiger partial charge on any atom is -0.481 e. The van der Waals surface area contributed by atoms with Crippen LogP contribution in [-0.4, -0.2) is 52.8 Å². The highest BCUT2D eigenvalue weighted by Gasteiger charge is 2.96. The molecular weight excluding hydrogens is 398 g/mol. The molecular formula is C12H8F10O4. The van der Waals surface area contributed by atoms with Crippen LogP contribution >= 0.6 is 0 Å². The fourth-order valence-corrected chi connectivity index (χ4v) is 1.96. The Morgan fingerprint density at radius 2 is 1.27 bits per heavy atom. The van der Waals surface area contributed by atoms with E-state index < -0.39 is 59.6 Å². The SMILES string of the molecule is CC=C(CC(=O)O)C(=O)OC1C(F)(F)C(F)(F)C(F)(F)C(F)(F)C1(F)F. The number of carboxylic acid groups (broad SMARTS) is 1. The average molecular weight is 406 g/mol. The first-order valence-electron chi connectivity index (χ1n) is 6.36. The Morgan fingerprint density at radius 3 is 1.58 bits per heavy atom. The Kier molecular flexibility index (Phi) is 5.09. The summed E-state index contributed by atoms with van der Waals surface area (Å²) in [6.45, 7) is 0.883. The molecule has 0 aromatic heterocycles. The zero-order chi connectivity index (χ0) is 20.9. The fourth-order valence-electron chi connectivity index (χ4n) is 1.96. The van der Waals surface area contributed by atoms with Gasteiger partial charge < -0.3 is 9.84 Å². The number of ether oxygens (including phenoxy) is 1. The van der Waals surface area contributed by atoms with Crippen molar-refractivity contribution < 1.29 is 63.3 Å². The Hall–Kier alpha value is -2.02. The number of allylic oxidation sites excluding steroid dienone is 1. The molecule has 26 heavy (non-hydrogen) atoms. The number of esters is 1. The van der Waals surface area contributed by atoms with Crippen molar-refractivity contribution in [2.75, 3.05) is 0 Å². The second-order valence-electron chi connectivity index (χ2n) is 5.14. The summed E-state index contributed by atoms with van der Waals surface area (Å²) < 4.78 is 136. The standard InChI is InChI=1S/C12H8F10O4/c1-2-4(3-5(23)24)6(25)26-7-8(13,14)10(17,18)12(21,22)11(19,20)9(7,15)16/h2,7H,3H2,1H3,(H,23,24). The molecule has 0 radical (unpaired) electrons. The van der Waals surface area contributed by atoms with Gasteiger partial charge in [-0.1, -0.05) is 6.08 Å². The average Bonchev–Trinajstić information content (AvgIpc) is 2.47. The molecule has 1 aliphatic carbocycles. The molecule has 4 nitrogen and oxygen atoms in total. The number of carboxylic acids is 1. The van der Waals surface area contributed by atoms with Gasteiger partial charge in [0.2, 0.25) is 6.10 Å². The predicted molar refractivity (Wildman–Crippen MR) is 60.6 cm³/mol. The number of hydrogen-bond donors (Lipinski definition) is 1. The summed E-state index contributed by atoms with van der Waals surface area (Å²) >= 11 is 0. The van der Waals surface area contributed by atoms with Crippen LogP contribution in [0.5, 0.6) is 0 Å². The van der Waals surface area contributed by atoms with Crippen molar-refractivity contribution in [2.45, 2.75) is 49.1 Å². The third kappa shape index (κ3) is 2.69. The van der Waals surface area contributed by atoms with Crippen LogP contribution in [0.4, 0.5) is 43.9 Å². The molecule has 0 aliphatic heterocycles. The zero-order valence-corrected chi connectivity index (χ0v) is 12.3. The number of hydrogen-bond acceptors (Lipinski definition) is 3. The van der Waals surface area contributed by atoms with E-state index in [9.17, 15) is 53.5 Å². The molecule has 14 heteroatoms. The van der Waals surface area contributed by atoms with E-state index in [1.54, 1.807) is 0 Å². The van der Waals surface area contributed by atoms with Gasteiger partial charge in [-0.3, -0.25) is 4.79 Å². The lowest BCUT2D eigenvalue weighted by Crippen LogP contribution is -2.80. The number of alkyl halides is 10. The van der Waals surface area contributed by atoms with E-state index in [0.717, 1.165) is 6.92 Å². The van der Waals surface area contributed by atoms with E-state index in [0.29, 0.717) is 6.08 Å². The summed E-state index contributed by atoms with van der Waals surface area (Å²) in [6.07, 6.45) is -5.79. The largest absolute Gasteiger partial charge is 0.481 e. The maximum Gasteiger partial charge on any atom is 0.384 e. The first-order valence-corrected chi connectivity index (χ1v) is 6.36. The third-order valence-electron chi connectivity index (χ3n) is 3.46. The molecule has 1 fully saturated rings. The highest BCUT2D eigenvalue weighted by atomic mass is 19.4. The second kappa shape index (κ2) is 6.01. The summed E-state index contributed by atoms with van der Waals surface area (Å²) in [7, 11) is 0. The monoisotopic (exact) mass is 406 g/mol. The minimum absolute atomic E-state index is 0.528. The Morgan fingerprint density at radius 1 is 0.885 bits per heavy atom. The summed E-state index contributed by atoms with van der Waals surface area (Å²) in [5, 5.41) is 8.43. The van der Waals surface area contributed by atoms with E-state index in [2.05, 4.69) is 4.74 Å². The maximum absolute atomic E-state index is 13.5. The Balaban J connectivity index is 3.45. The van der Waals surface area contributed by atoms with Gasteiger partial charge in [-0.2, -0.15) is 43.9 Å². The van der Waals surface area contributed by atoms with Gasteiger partial charge in [0, 0.05) is 5.57 Å². The van der Waals surface area contributed by atoms with Crippen molar-refractivity contribution in [1.29, 1.82) is 0 Å². The van der Waals surface area contributed by atoms with Gasteiger partial charge in [-0.15, -0.1) is 0 Å². The molecule has 0 aromatic carbocycles. The van der Waals surface area contributed by atoms with E-state index in [1.807, 2.05) is 0 Å². The van der Waals surface area contributed by atoms with Crippen LogP contribution in [-0.2, 0) is 14.3 Å². The first kappa shape index (κ1) is 22.0. The Bertz CT molecular complexity index is 610. The lowest BCUT2D eigenvalue weighted by Gasteiger charge is -2.48. The topological polar surface area (TPSA) is 63.6 Å². The molecule has 0 heterocycles. The van der Waals surface area contributed by atoms with Gasteiger partial charge in [-0.25, -0.2) is 4.79 Å². The van der Waals surface area contributed by atoms with Gasteiger partial charge in [0.05, 0.1) is 6.42 Å². The quantitative estimate of drug-likeness (QED) is 0.441. The molecule has 1 N–H and O–H groups in total. The molecule has 0 amide bonds. The Labute approximate surface area is 137 Å². The van der Waals surface area contributed by atoms with E-state index in [1.165, 1.54) is 0 Å². The summed E-state index contributed by atoms with van der Waals surface area (Å²) in [4.78, 5) is 21.9. The molecule has 150 valence electrons. The van der Waals surface area contributed by atoms with Crippen molar-refractivity contribution in [2.24, 2.45) is 0 Å². The van der Waals surface area contributed by atoms with Gasteiger partial charge in [0.15, 0.2) is 0 Å². The molecule has 0 unspecified atom stereocenters. The van der Waals surface area contributed by atoms with Crippen molar-refractivity contribution in [1.82, 2.24) is 0 Å². The zero-order valence-electron chi connectivity index (χ0n) is 12.3. The highest BCUT2D eigenvalue weighted by Crippen LogP contribution is 2.65. The van der Waals surface area contributed by atoms with Crippen LogP contribution in [0.25, 0.3) is 0 Å². The van der Waals surface area contributed by atoms with Crippen molar-refractivity contribution in [3.8, 4) is 0 Å². The van der Waals surface area contributed by atoms with Crippen LogP contribution in [0.2, 0.25) is 0 Å². The van der Waals surface area contributed by atoms with E-state index in [4.69, 9.17) is 5.11 Å². The van der Waals surface area contributed by atoms with E-state index >= 15 is 0 Å². The van der Waals surface area contributed by atoms with Crippen molar-refractivity contribution in [3.63, 3.8) is 0 Å². The van der Waals surface area contributed by atoms with Gasteiger partial charge in [-0.05, 0) is 6.92 Å².